The van der Waals surface area contributed by atoms with Gasteiger partial charge in [-0.25, -0.2) is 9.59 Å². The van der Waals surface area contributed by atoms with E-state index in [1.165, 1.54) is 19.1 Å². The molecule has 2 N–H and O–H groups in total. The first-order valence-corrected chi connectivity index (χ1v) is 12.2. The summed E-state index contributed by atoms with van der Waals surface area (Å²) < 4.78 is 16.0. The van der Waals surface area contributed by atoms with Crippen molar-refractivity contribution in [3.05, 3.63) is 40.2 Å². The van der Waals surface area contributed by atoms with Crippen LogP contribution in [0.4, 0.5) is 10.5 Å². The summed E-state index contributed by atoms with van der Waals surface area (Å²) in [4.78, 5) is 49.2. The molecule has 4 aliphatic carbocycles. The first kappa shape index (κ1) is 23.4. The predicted molar refractivity (Wildman–Crippen MR) is 127 cm³/mol. The van der Waals surface area contributed by atoms with E-state index < -0.39 is 17.1 Å². The zero-order valence-electron chi connectivity index (χ0n) is 20.0. The number of fused-ring (bicyclic) bond motifs is 1. The summed E-state index contributed by atoms with van der Waals surface area (Å²) in [5, 5.41) is 6.35. The molecule has 186 valence electrons. The quantitative estimate of drug-likeness (QED) is 0.473. The van der Waals surface area contributed by atoms with Crippen molar-refractivity contribution in [3.63, 3.8) is 0 Å². The molecule has 4 bridgehead atoms. The van der Waals surface area contributed by atoms with Gasteiger partial charge in [0.05, 0.1) is 12.0 Å². The Bertz CT molecular complexity index is 1240. The smallest absolute Gasteiger partial charge is 0.411 e. The third-order valence-corrected chi connectivity index (χ3v) is 7.65. The van der Waals surface area contributed by atoms with Gasteiger partial charge in [0.1, 0.15) is 12.2 Å². The van der Waals surface area contributed by atoms with Crippen molar-refractivity contribution in [2.24, 2.45) is 17.3 Å². The van der Waals surface area contributed by atoms with Crippen LogP contribution < -0.4 is 16.3 Å². The zero-order chi connectivity index (χ0) is 24.8. The first-order chi connectivity index (χ1) is 16.7. The van der Waals surface area contributed by atoms with E-state index in [0.29, 0.717) is 34.9 Å². The SMILES string of the molecule is CCOC(=O)Nc1ccc2c(COC(=O)C34C[C@H]5C[C@@H](CC(NC(C)=O)(C5)C3)C4)cc(=O)oc2c1. The highest BCUT2D eigenvalue weighted by atomic mass is 16.5. The molecule has 1 heterocycles. The fraction of sp³-hybridized carbons (Fsp3) is 0.538. The molecule has 0 aliphatic heterocycles. The molecule has 9 nitrogen and oxygen atoms in total. The molecule has 0 unspecified atom stereocenters. The maximum absolute atomic E-state index is 13.5. The third-order valence-electron chi connectivity index (χ3n) is 7.65. The second kappa shape index (κ2) is 8.70. The molecule has 1 aromatic heterocycles. The summed E-state index contributed by atoms with van der Waals surface area (Å²) in [5.74, 6) is 0.495. The lowest BCUT2D eigenvalue weighted by molar-refractivity contribution is -0.177. The average molecular weight is 483 g/mol. The Labute approximate surface area is 202 Å². The molecule has 0 radical (unpaired) electrons. The third kappa shape index (κ3) is 4.51. The van der Waals surface area contributed by atoms with Crippen LogP contribution in [0.3, 0.4) is 0 Å². The number of nitrogens with one attached hydrogen (secondary N) is 2. The number of hydrogen-bond donors (Lipinski definition) is 2. The minimum absolute atomic E-state index is 0.0597. The van der Waals surface area contributed by atoms with E-state index in [0.717, 1.165) is 32.1 Å². The topological polar surface area (TPSA) is 124 Å². The fourth-order valence-corrected chi connectivity index (χ4v) is 7.03. The summed E-state index contributed by atoms with van der Waals surface area (Å²) >= 11 is 0. The lowest BCUT2D eigenvalue weighted by Crippen LogP contribution is -2.64. The van der Waals surface area contributed by atoms with Crippen LogP contribution in [-0.2, 0) is 25.7 Å². The molecule has 2 atom stereocenters. The number of esters is 1. The molecule has 4 saturated carbocycles. The second-order valence-corrected chi connectivity index (χ2v) is 10.4. The Morgan fingerprint density at radius 2 is 1.83 bits per heavy atom. The Balaban J connectivity index is 1.34. The number of carbonyl (C=O) groups is 3. The number of amides is 2. The summed E-state index contributed by atoms with van der Waals surface area (Å²) in [6, 6.07) is 6.24. The Morgan fingerprint density at radius 3 is 2.51 bits per heavy atom. The van der Waals surface area contributed by atoms with Gasteiger partial charge in [-0.05, 0) is 69.4 Å². The molecule has 6 rings (SSSR count). The van der Waals surface area contributed by atoms with E-state index in [4.69, 9.17) is 13.9 Å². The van der Waals surface area contributed by atoms with Crippen molar-refractivity contribution in [1.82, 2.24) is 5.32 Å². The molecule has 9 heteroatoms. The predicted octanol–water partition coefficient (Wildman–Crippen LogP) is 3.88. The van der Waals surface area contributed by atoms with Gasteiger partial charge in [0.25, 0.3) is 0 Å². The highest BCUT2D eigenvalue weighted by molar-refractivity contribution is 5.90. The number of anilines is 1. The Morgan fingerprint density at radius 1 is 1.09 bits per heavy atom. The zero-order valence-corrected chi connectivity index (χ0v) is 20.0. The summed E-state index contributed by atoms with van der Waals surface area (Å²) in [7, 11) is 0. The van der Waals surface area contributed by atoms with Gasteiger partial charge in [0.15, 0.2) is 0 Å². The van der Waals surface area contributed by atoms with Crippen molar-refractivity contribution in [3.8, 4) is 0 Å². The van der Waals surface area contributed by atoms with Gasteiger partial charge in [-0.15, -0.1) is 0 Å². The molecule has 1 aromatic carbocycles. The Kier molecular flexibility index (Phi) is 5.81. The van der Waals surface area contributed by atoms with Crippen LogP contribution in [0.1, 0.15) is 57.9 Å². The molecule has 0 saturated heterocycles. The summed E-state index contributed by atoms with van der Waals surface area (Å²) in [6.45, 7) is 3.41. The van der Waals surface area contributed by atoms with Gasteiger partial charge in [0, 0.05) is 41.2 Å². The fourth-order valence-electron chi connectivity index (χ4n) is 7.03. The molecule has 2 aromatic rings. The van der Waals surface area contributed by atoms with Crippen LogP contribution in [0.15, 0.2) is 33.5 Å². The lowest BCUT2D eigenvalue weighted by Gasteiger charge is -2.60. The number of ether oxygens (including phenoxy) is 2. The largest absolute Gasteiger partial charge is 0.460 e. The van der Waals surface area contributed by atoms with Crippen molar-refractivity contribution in [2.45, 2.75) is 64.5 Å². The number of benzene rings is 1. The highest BCUT2D eigenvalue weighted by Gasteiger charge is 2.61. The van der Waals surface area contributed by atoms with Crippen LogP contribution in [0.5, 0.6) is 0 Å². The van der Waals surface area contributed by atoms with Crippen LogP contribution in [0.25, 0.3) is 11.0 Å². The van der Waals surface area contributed by atoms with Crippen LogP contribution in [0.2, 0.25) is 0 Å². The van der Waals surface area contributed by atoms with Gasteiger partial charge in [-0.3, -0.25) is 14.9 Å². The monoisotopic (exact) mass is 482 g/mol. The average Bonchev–Trinajstić information content (AvgIpc) is 2.75. The minimum Gasteiger partial charge on any atom is -0.460 e. The molecule has 4 fully saturated rings. The molecule has 2 amide bonds. The van der Waals surface area contributed by atoms with Crippen LogP contribution >= 0.6 is 0 Å². The van der Waals surface area contributed by atoms with E-state index in [1.54, 1.807) is 19.1 Å². The molecular weight excluding hydrogens is 452 g/mol. The van der Waals surface area contributed by atoms with Crippen molar-refractivity contribution < 1.29 is 28.3 Å². The van der Waals surface area contributed by atoms with E-state index in [-0.39, 0.29) is 36.2 Å². The van der Waals surface area contributed by atoms with Crippen molar-refractivity contribution in [2.75, 3.05) is 11.9 Å². The van der Waals surface area contributed by atoms with Gasteiger partial charge in [0.2, 0.25) is 5.91 Å². The summed E-state index contributed by atoms with van der Waals surface area (Å²) in [5.41, 5.74) is -0.261. The van der Waals surface area contributed by atoms with Crippen molar-refractivity contribution in [1.29, 1.82) is 0 Å². The van der Waals surface area contributed by atoms with Crippen molar-refractivity contribution >= 4 is 34.6 Å². The lowest BCUT2D eigenvalue weighted by atomic mass is 9.47. The number of rotatable bonds is 6. The van der Waals surface area contributed by atoms with Crippen LogP contribution in [-0.4, -0.2) is 30.1 Å². The highest BCUT2D eigenvalue weighted by Crippen LogP contribution is 2.62. The van der Waals surface area contributed by atoms with E-state index in [9.17, 15) is 19.2 Å². The molecule has 35 heavy (non-hydrogen) atoms. The normalized spacial score (nSPS) is 28.5. The Hall–Kier alpha value is -3.36. The number of hydrogen-bond acceptors (Lipinski definition) is 7. The van der Waals surface area contributed by atoms with E-state index in [2.05, 4.69) is 10.6 Å². The molecular formula is C26H30N2O7. The van der Waals surface area contributed by atoms with Gasteiger partial charge in [-0.1, -0.05) is 0 Å². The molecule has 4 aliphatic rings. The van der Waals surface area contributed by atoms with E-state index in [1.807, 2.05) is 0 Å². The first-order valence-electron chi connectivity index (χ1n) is 12.2. The van der Waals surface area contributed by atoms with Gasteiger partial charge >= 0.3 is 17.7 Å². The summed E-state index contributed by atoms with van der Waals surface area (Å²) in [6.07, 6.45) is 4.51. The standard InChI is InChI=1S/C26H30N2O7/c1-3-33-24(32)27-19-4-5-20-18(7-22(30)35-21(20)8-19)13-34-23(31)25-9-16-6-17(10-25)12-26(11-16,14-25)28-15(2)29/h4-5,7-8,16-17H,3,6,9-14H2,1-2H3,(H,27,32)(H,28,29)/t16-,17-,25?,26?/m1/s1. The molecule has 0 spiro atoms. The van der Waals surface area contributed by atoms with Gasteiger partial charge in [-0.2, -0.15) is 0 Å². The maximum Gasteiger partial charge on any atom is 0.411 e. The van der Waals surface area contributed by atoms with E-state index >= 15 is 0 Å². The van der Waals surface area contributed by atoms with Crippen LogP contribution in [0, 0.1) is 17.3 Å². The minimum atomic E-state index is -0.605. The number of carbonyl (C=O) groups excluding carboxylic acids is 3. The van der Waals surface area contributed by atoms with Gasteiger partial charge < -0.3 is 19.2 Å². The second-order valence-electron chi connectivity index (χ2n) is 10.4. The maximum atomic E-state index is 13.5.